The van der Waals surface area contributed by atoms with E-state index in [-0.39, 0.29) is 0 Å². The molecule has 0 aromatic heterocycles. The van der Waals surface area contributed by atoms with Gasteiger partial charge in [-0.15, -0.1) is 0 Å². The van der Waals surface area contributed by atoms with E-state index < -0.39 is 0 Å². The first-order valence-electron chi connectivity index (χ1n) is 6.35. The van der Waals surface area contributed by atoms with E-state index >= 15 is 0 Å². The van der Waals surface area contributed by atoms with E-state index in [1.54, 1.807) is 0 Å². The highest BCUT2D eigenvalue weighted by Gasteiger charge is 2.30. The van der Waals surface area contributed by atoms with Crippen molar-refractivity contribution in [1.29, 1.82) is 0 Å². The summed E-state index contributed by atoms with van der Waals surface area (Å²) in [6, 6.07) is 6.52. The van der Waals surface area contributed by atoms with E-state index in [1.165, 1.54) is 12.8 Å². The van der Waals surface area contributed by atoms with Gasteiger partial charge in [0.1, 0.15) is 4.99 Å². The maximum absolute atomic E-state index is 6.37. The van der Waals surface area contributed by atoms with Gasteiger partial charge in [0.05, 0.1) is 10.7 Å². The lowest BCUT2D eigenvalue weighted by Crippen LogP contribution is -2.30. The minimum absolute atomic E-state index is 0.394. The van der Waals surface area contributed by atoms with Crippen LogP contribution >= 0.6 is 23.8 Å². The summed E-state index contributed by atoms with van der Waals surface area (Å²) in [5.41, 5.74) is 7.56. The Hall–Kier alpha value is -0.800. The maximum atomic E-state index is 6.37. The van der Waals surface area contributed by atoms with Crippen molar-refractivity contribution in [2.24, 2.45) is 11.7 Å². The largest absolute Gasteiger partial charge is 0.389 e. The van der Waals surface area contributed by atoms with Crippen LogP contribution in [0.25, 0.3) is 0 Å². The molecule has 1 aliphatic carbocycles. The zero-order valence-corrected chi connectivity index (χ0v) is 12.4. The number of anilines is 1. The molecule has 0 atom stereocenters. The van der Waals surface area contributed by atoms with E-state index in [9.17, 15) is 0 Å². The van der Waals surface area contributed by atoms with Crippen LogP contribution < -0.4 is 10.6 Å². The first-order valence-corrected chi connectivity index (χ1v) is 7.13. The number of hydrogen-bond donors (Lipinski definition) is 1. The third kappa shape index (κ3) is 3.15. The topological polar surface area (TPSA) is 29.3 Å². The van der Waals surface area contributed by atoms with Crippen LogP contribution in [0, 0.1) is 5.92 Å². The van der Waals surface area contributed by atoms with E-state index in [0.717, 1.165) is 22.8 Å². The second kappa shape index (κ2) is 5.45. The Balaban J connectivity index is 2.27. The number of thiocarbonyl (C=S) groups is 1. The fraction of sp³-hybridized carbons (Fsp3) is 0.500. The van der Waals surface area contributed by atoms with Crippen molar-refractivity contribution in [2.45, 2.75) is 32.7 Å². The lowest BCUT2D eigenvalue weighted by molar-refractivity contribution is 0.607. The van der Waals surface area contributed by atoms with Crippen LogP contribution in [-0.2, 0) is 0 Å². The summed E-state index contributed by atoms with van der Waals surface area (Å²) in [6.45, 7) is 5.50. The summed E-state index contributed by atoms with van der Waals surface area (Å²) in [7, 11) is 0. The van der Waals surface area contributed by atoms with Crippen LogP contribution in [0.4, 0.5) is 5.69 Å². The summed E-state index contributed by atoms with van der Waals surface area (Å²) >= 11 is 11.3. The third-order valence-electron chi connectivity index (χ3n) is 3.09. The zero-order valence-electron chi connectivity index (χ0n) is 10.8. The Morgan fingerprint density at radius 3 is 2.61 bits per heavy atom. The Labute approximate surface area is 119 Å². The van der Waals surface area contributed by atoms with Crippen LogP contribution in [0.1, 0.15) is 32.3 Å². The van der Waals surface area contributed by atoms with Crippen molar-refractivity contribution in [3.05, 3.63) is 28.8 Å². The highest BCUT2D eigenvalue weighted by Crippen LogP contribution is 2.36. The lowest BCUT2D eigenvalue weighted by atomic mass is 10.1. The molecule has 0 spiro atoms. The minimum Gasteiger partial charge on any atom is -0.389 e. The Morgan fingerprint density at radius 1 is 1.50 bits per heavy atom. The van der Waals surface area contributed by atoms with Gasteiger partial charge >= 0.3 is 0 Å². The normalized spacial score (nSPS) is 14.9. The van der Waals surface area contributed by atoms with Gasteiger partial charge in [-0.05, 0) is 37.0 Å². The molecule has 2 rings (SSSR count). The van der Waals surface area contributed by atoms with E-state index in [2.05, 4.69) is 18.7 Å². The molecule has 1 saturated carbocycles. The van der Waals surface area contributed by atoms with Crippen molar-refractivity contribution in [3.8, 4) is 0 Å². The number of benzene rings is 1. The molecule has 1 aliphatic rings. The summed E-state index contributed by atoms with van der Waals surface area (Å²) in [4.78, 5) is 2.81. The Bertz CT molecular complexity index is 455. The smallest absolute Gasteiger partial charge is 0.104 e. The number of nitrogens with zero attached hydrogens (tertiary/aromatic N) is 1. The summed E-state index contributed by atoms with van der Waals surface area (Å²) < 4.78 is 0. The summed E-state index contributed by atoms with van der Waals surface area (Å²) in [6.07, 6.45) is 2.53. The number of halogens is 1. The highest BCUT2D eigenvalue weighted by molar-refractivity contribution is 7.80. The summed E-state index contributed by atoms with van der Waals surface area (Å²) in [5, 5.41) is 0.743. The van der Waals surface area contributed by atoms with Crippen molar-refractivity contribution in [1.82, 2.24) is 0 Å². The molecule has 4 heteroatoms. The molecule has 98 valence electrons. The molecule has 1 fully saturated rings. The van der Waals surface area contributed by atoms with Gasteiger partial charge in [0.15, 0.2) is 0 Å². The molecule has 1 aromatic rings. The molecule has 2 nitrogen and oxygen atoms in total. The molecular weight excluding hydrogens is 264 g/mol. The number of nitrogens with two attached hydrogens (primary N) is 1. The van der Waals surface area contributed by atoms with E-state index in [4.69, 9.17) is 29.6 Å². The van der Waals surface area contributed by atoms with Gasteiger partial charge in [-0.2, -0.15) is 0 Å². The molecule has 0 saturated heterocycles. The first kappa shape index (κ1) is 13.6. The first-order chi connectivity index (χ1) is 8.49. The molecule has 18 heavy (non-hydrogen) atoms. The third-order valence-corrected chi connectivity index (χ3v) is 3.63. The van der Waals surface area contributed by atoms with Gasteiger partial charge in [-0.25, -0.2) is 0 Å². The van der Waals surface area contributed by atoms with Crippen LogP contribution in [0.15, 0.2) is 18.2 Å². The van der Waals surface area contributed by atoms with Crippen LogP contribution in [0.5, 0.6) is 0 Å². The zero-order chi connectivity index (χ0) is 13.3. The minimum atomic E-state index is 0.394. The van der Waals surface area contributed by atoms with Crippen molar-refractivity contribution in [2.75, 3.05) is 11.4 Å². The fourth-order valence-electron chi connectivity index (χ4n) is 2.12. The molecule has 0 radical (unpaired) electrons. The second-order valence-corrected chi connectivity index (χ2v) is 6.15. The standard InChI is InChI=1S/C14H19ClN2S/c1-9(2)8-17(11-4-5-11)13-6-3-10(14(16)18)7-12(13)15/h3,6-7,9,11H,4-5,8H2,1-2H3,(H2,16,18). The van der Waals surface area contributed by atoms with Gasteiger partial charge in [0, 0.05) is 18.2 Å². The van der Waals surface area contributed by atoms with Crippen LogP contribution in [-0.4, -0.2) is 17.6 Å². The molecule has 0 amide bonds. The molecule has 2 N–H and O–H groups in total. The molecule has 0 unspecified atom stereocenters. The second-order valence-electron chi connectivity index (χ2n) is 5.31. The average Bonchev–Trinajstić information content (AvgIpc) is 3.09. The van der Waals surface area contributed by atoms with Gasteiger partial charge in [-0.3, -0.25) is 0 Å². The fourth-order valence-corrected chi connectivity index (χ4v) is 2.53. The van der Waals surface area contributed by atoms with Crippen molar-refractivity contribution < 1.29 is 0 Å². The van der Waals surface area contributed by atoms with Gasteiger partial charge in [0.2, 0.25) is 0 Å². The Morgan fingerprint density at radius 2 is 2.17 bits per heavy atom. The number of rotatable bonds is 5. The quantitative estimate of drug-likeness (QED) is 0.837. The number of hydrogen-bond acceptors (Lipinski definition) is 2. The molecule has 0 bridgehead atoms. The summed E-state index contributed by atoms with van der Waals surface area (Å²) in [5.74, 6) is 0.622. The van der Waals surface area contributed by atoms with E-state index in [0.29, 0.717) is 16.9 Å². The maximum Gasteiger partial charge on any atom is 0.104 e. The van der Waals surface area contributed by atoms with Crippen molar-refractivity contribution >= 4 is 34.5 Å². The molecular formula is C14H19ClN2S. The predicted molar refractivity (Wildman–Crippen MR) is 82.5 cm³/mol. The average molecular weight is 283 g/mol. The van der Waals surface area contributed by atoms with E-state index in [1.807, 2.05) is 18.2 Å². The van der Waals surface area contributed by atoms with Crippen LogP contribution in [0.3, 0.4) is 0 Å². The molecule has 1 aromatic carbocycles. The molecule has 0 aliphatic heterocycles. The van der Waals surface area contributed by atoms with Gasteiger partial charge in [0.25, 0.3) is 0 Å². The Kier molecular flexibility index (Phi) is 4.13. The predicted octanol–water partition coefficient (Wildman–Crippen LogP) is 3.60. The SMILES string of the molecule is CC(C)CN(c1ccc(C(N)=S)cc1Cl)C1CC1. The molecule has 0 heterocycles. The van der Waals surface area contributed by atoms with Gasteiger partial charge < -0.3 is 10.6 Å². The van der Waals surface area contributed by atoms with Crippen molar-refractivity contribution in [3.63, 3.8) is 0 Å². The van der Waals surface area contributed by atoms with Crippen LogP contribution in [0.2, 0.25) is 5.02 Å². The lowest BCUT2D eigenvalue weighted by Gasteiger charge is -2.27. The van der Waals surface area contributed by atoms with Gasteiger partial charge in [-0.1, -0.05) is 37.7 Å². The highest BCUT2D eigenvalue weighted by atomic mass is 35.5. The monoisotopic (exact) mass is 282 g/mol.